The van der Waals surface area contributed by atoms with Crippen molar-refractivity contribution in [2.24, 2.45) is 0 Å². The number of nitrogens with zero attached hydrogens (tertiary/aromatic N) is 2. The summed E-state index contributed by atoms with van der Waals surface area (Å²) in [4.78, 5) is 31.1. The predicted molar refractivity (Wildman–Crippen MR) is 132 cm³/mol. The number of rotatable bonds is 8. The lowest BCUT2D eigenvalue weighted by atomic mass is 9.96. The highest BCUT2D eigenvalue weighted by atomic mass is 16.5. The van der Waals surface area contributed by atoms with Crippen LogP contribution in [0.4, 0.5) is 0 Å². The van der Waals surface area contributed by atoms with Crippen LogP contribution in [0, 0.1) is 0 Å². The fourth-order valence-electron chi connectivity index (χ4n) is 5.09. The van der Waals surface area contributed by atoms with Crippen LogP contribution in [0.3, 0.4) is 0 Å². The topological polar surface area (TPSA) is 59.1 Å². The second kappa shape index (κ2) is 11.4. The first kappa shape index (κ1) is 24.1. The maximum atomic E-state index is 14.0. The van der Waals surface area contributed by atoms with E-state index < -0.39 is 6.04 Å². The Hall–Kier alpha value is -3.02. The molecule has 1 heterocycles. The molecular formula is C28H36N2O4. The van der Waals surface area contributed by atoms with Gasteiger partial charge >= 0.3 is 0 Å². The van der Waals surface area contributed by atoms with E-state index in [0.717, 1.165) is 43.2 Å². The molecule has 182 valence electrons. The summed E-state index contributed by atoms with van der Waals surface area (Å²) in [5.41, 5.74) is 1.76. The van der Waals surface area contributed by atoms with Crippen LogP contribution in [0.5, 0.6) is 11.5 Å². The third-order valence-electron chi connectivity index (χ3n) is 6.88. The number of methoxy groups -OCH3 is 1. The molecule has 0 unspecified atom stereocenters. The zero-order valence-electron chi connectivity index (χ0n) is 20.4. The molecule has 4 rings (SSSR count). The molecule has 1 aliphatic carbocycles. The number of piperazine rings is 1. The van der Waals surface area contributed by atoms with Crippen LogP contribution >= 0.6 is 0 Å². The van der Waals surface area contributed by atoms with E-state index in [4.69, 9.17) is 9.47 Å². The van der Waals surface area contributed by atoms with Crippen LogP contribution < -0.4 is 9.47 Å². The molecule has 0 aromatic heterocycles. The third kappa shape index (κ3) is 5.37. The number of carbonyl (C=O) groups is 2. The molecule has 2 amide bonds. The number of carbonyl (C=O) groups excluding carboxylic acids is 2. The zero-order chi connectivity index (χ0) is 23.9. The maximum Gasteiger partial charge on any atom is 0.250 e. The van der Waals surface area contributed by atoms with Crippen molar-refractivity contribution < 1.29 is 19.1 Å². The lowest BCUT2D eigenvalue weighted by Gasteiger charge is -2.43. The standard InChI is InChI=1S/C28H36N2O4/c1-3-17-34-24-16-15-22(18-25(24)33-2)27-28(32)29(23-13-9-4-5-10-14-23)20-26(31)30(27)19-21-11-7-6-8-12-21/h6-8,11-12,15-16,18,23,27H,3-5,9-10,13-14,17,19-20H2,1-2H3/t27-/m1/s1. The normalized spacial score (nSPS) is 19.8. The molecule has 1 saturated carbocycles. The van der Waals surface area contributed by atoms with Gasteiger partial charge in [-0.1, -0.05) is 69.0 Å². The van der Waals surface area contributed by atoms with Crippen molar-refractivity contribution in [2.45, 2.75) is 70.5 Å². The Balaban J connectivity index is 1.69. The second-order valence-corrected chi connectivity index (χ2v) is 9.28. The van der Waals surface area contributed by atoms with Gasteiger partial charge in [-0.2, -0.15) is 0 Å². The summed E-state index contributed by atoms with van der Waals surface area (Å²) in [6.45, 7) is 3.19. The highest BCUT2D eigenvalue weighted by Gasteiger charge is 2.43. The largest absolute Gasteiger partial charge is 0.493 e. The van der Waals surface area contributed by atoms with Crippen molar-refractivity contribution in [3.63, 3.8) is 0 Å². The van der Waals surface area contributed by atoms with Crippen molar-refractivity contribution in [3.05, 3.63) is 59.7 Å². The van der Waals surface area contributed by atoms with Gasteiger partial charge in [0.15, 0.2) is 11.5 Å². The van der Waals surface area contributed by atoms with E-state index in [-0.39, 0.29) is 24.4 Å². The Morgan fingerprint density at radius 2 is 1.68 bits per heavy atom. The van der Waals surface area contributed by atoms with E-state index in [9.17, 15) is 9.59 Å². The fraction of sp³-hybridized carbons (Fsp3) is 0.500. The summed E-state index contributed by atoms with van der Waals surface area (Å²) < 4.78 is 11.4. The summed E-state index contributed by atoms with van der Waals surface area (Å²) in [6.07, 6.45) is 7.45. The summed E-state index contributed by atoms with van der Waals surface area (Å²) in [7, 11) is 1.60. The molecule has 34 heavy (non-hydrogen) atoms. The van der Waals surface area contributed by atoms with Crippen LogP contribution in [-0.4, -0.2) is 47.9 Å². The average molecular weight is 465 g/mol. The highest BCUT2D eigenvalue weighted by Crippen LogP contribution is 2.37. The molecule has 1 saturated heterocycles. The van der Waals surface area contributed by atoms with E-state index in [0.29, 0.717) is 24.7 Å². The molecule has 2 fully saturated rings. The Kier molecular flexibility index (Phi) is 8.09. The van der Waals surface area contributed by atoms with Crippen LogP contribution in [0.15, 0.2) is 48.5 Å². The molecule has 2 aromatic rings. The molecule has 0 bridgehead atoms. The van der Waals surface area contributed by atoms with Gasteiger partial charge in [0, 0.05) is 12.6 Å². The lowest BCUT2D eigenvalue weighted by molar-refractivity contribution is -0.159. The van der Waals surface area contributed by atoms with Crippen LogP contribution in [-0.2, 0) is 16.1 Å². The third-order valence-corrected chi connectivity index (χ3v) is 6.88. The molecule has 0 radical (unpaired) electrons. The Bertz CT molecular complexity index is 970. The minimum absolute atomic E-state index is 0.00621. The number of amides is 2. The monoisotopic (exact) mass is 464 g/mol. The van der Waals surface area contributed by atoms with Crippen molar-refractivity contribution in [1.29, 1.82) is 0 Å². The first-order valence-corrected chi connectivity index (χ1v) is 12.6. The van der Waals surface area contributed by atoms with E-state index in [1.807, 2.05) is 53.4 Å². The zero-order valence-corrected chi connectivity index (χ0v) is 20.4. The summed E-state index contributed by atoms with van der Waals surface area (Å²) in [6, 6.07) is 14.9. The second-order valence-electron chi connectivity index (χ2n) is 9.28. The van der Waals surface area contributed by atoms with Crippen LogP contribution in [0.25, 0.3) is 0 Å². The molecule has 1 aliphatic heterocycles. The van der Waals surface area contributed by atoms with Gasteiger partial charge in [0.25, 0.3) is 5.91 Å². The van der Waals surface area contributed by atoms with Gasteiger partial charge in [-0.05, 0) is 42.5 Å². The van der Waals surface area contributed by atoms with Crippen molar-refractivity contribution >= 4 is 11.8 Å². The molecule has 6 nitrogen and oxygen atoms in total. The smallest absolute Gasteiger partial charge is 0.250 e. The molecule has 1 atom stereocenters. The highest BCUT2D eigenvalue weighted by molar-refractivity contribution is 5.96. The number of hydrogen-bond donors (Lipinski definition) is 0. The number of benzene rings is 2. The summed E-state index contributed by atoms with van der Waals surface area (Å²) in [5, 5.41) is 0. The SMILES string of the molecule is CCCOc1ccc([C@@H]2C(=O)N(C3CCCCCC3)CC(=O)N2Cc2ccccc2)cc1OC. The lowest BCUT2D eigenvalue weighted by Crippen LogP contribution is -2.57. The Morgan fingerprint density at radius 1 is 0.941 bits per heavy atom. The average Bonchev–Trinajstić information content (AvgIpc) is 3.15. The molecule has 2 aromatic carbocycles. The predicted octanol–water partition coefficient (Wildman–Crippen LogP) is 5.12. The number of hydrogen-bond acceptors (Lipinski definition) is 4. The van der Waals surface area contributed by atoms with Crippen LogP contribution in [0.2, 0.25) is 0 Å². The van der Waals surface area contributed by atoms with Gasteiger partial charge in [-0.25, -0.2) is 0 Å². The van der Waals surface area contributed by atoms with Gasteiger partial charge in [0.05, 0.1) is 13.7 Å². The van der Waals surface area contributed by atoms with E-state index in [1.54, 1.807) is 12.0 Å². The van der Waals surface area contributed by atoms with E-state index >= 15 is 0 Å². The fourth-order valence-corrected chi connectivity index (χ4v) is 5.09. The first-order valence-electron chi connectivity index (χ1n) is 12.6. The van der Waals surface area contributed by atoms with Gasteiger partial charge < -0.3 is 19.3 Å². The molecule has 0 spiro atoms. The van der Waals surface area contributed by atoms with Crippen LogP contribution in [0.1, 0.15) is 69.0 Å². The maximum absolute atomic E-state index is 14.0. The van der Waals surface area contributed by atoms with Gasteiger partial charge in [-0.15, -0.1) is 0 Å². The van der Waals surface area contributed by atoms with Crippen molar-refractivity contribution in [2.75, 3.05) is 20.3 Å². The Morgan fingerprint density at radius 3 is 2.35 bits per heavy atom. The molecule has 6 heteroatoms. The molecule has 0 N–H and O–H groups in total. The van der Waals surface area contributed by atoms with Gasteiger partial charge in [-0.3, -0.25) is 9.59 Å². The summed E-state index contributed by atoms with van der Waals surface area (Å²) in [5.74, 6) is 1.23. The van der Waals surface area contributed by atoms with E-state index in [2.05, 4.69) is 6.92 Å². The summed E-state index contributed by atoms with van der Waals surface area (Å²) >= 11 is 0. The van der Waals surface area contributed by atoms with Gasteiger partial charge in [0.1, 0.15) is 12.6 Å². The van der Waals surface area contributed by atoms with Crippen molar-refractivity contribution in [1.82, 2.24) is 9.80 Å². The minimum Gasteiger partial charge on any atom is -0.493 e. The molecule has 2 aliphatic rings. The quantitative estimate of drug-likeness (QED) is 0.509. The number of ether oxygens (including phenoxy) is 2. The minimum atomic E-state index is -0.682. The van der Waals surface area contributed by atoms with E-state index in [1.165, 1.54) is 12.8 Å². The first-order chi connectivity index (χ1) is 16.6. The van der Waals surface area contributed by atoms with Crippen molar-refractivity contribution in [3.8, 4) is 11.5 Å². The molecular weight excluding hydrogens is 428 g/mol. The van der Waals surface area contributed by atoms with Gasteiger partial charge in [0.2, 0.25) is 5.91 Å². The Labute approximate surface area is 202 Å².